The van der Waals surface area contributed by atoms with Crippen molar-refractivity contribution in [2.24, 2.45) is 5.10 Å². The SMILES string of the molecule is C=C1c2cccnc2C=NN1Cc1nc([C-]2CO[C@@H](c3ccc(F)cc3)C2)no1.[K+]. The number of hydrogen-bond acceptors (Lipinski definition) is 7. The first-order chi connectivity index (χ1) is 14.2. The van der Waals surface area contributed by atoms with Gasteiger partial charge in [0.2, 0.25) is 5.89 Å². The Balaban J connectivity index is 0.00000218. The maximum Gasteiger partial charge on any atom is 1.00 e. The van der Waals surface area contributed by atoms with Gasteiger partial charge in [0.05, 0.1) is 23.7 Å². The van der Waals surface area contributed by atoms with Crippen LogP contribution in [0.25, 0.3) is 5.70 Å². The standard InChI is InChI=1S/C21H17FN5O2.K/c1-13-17-3-2-8-23-18(17)10-24-27(13)11-20-25-21(26-29-20)15-9-19(28-12-15)14-4-6-16(22)7-5-14;/h2-8,10,19H,1,9,11-12H2;/q-1;+1/t19-;/m1./s1. The zero-order valence-corrected chi connectivity index (χ0v) is 19.6. The molecular formula is C21H17FKN5O2. The van der Waals surface area contributed by atoms with Crippen molar-refractivity contribution in [1.29, 1.82) is 0 Å². The summed E-state index contributed by atoms with van der Waals surface area (Å²) in [7, 11) is 0. The first-order valence-corrected chi connectivity index (χ1v) is 9.18. The third-order valence-electron chi connectivity index (χ3n) is 4.98. The van der Waals surface area contributed by atoms with Crippen molar-refractivity contribution in [2.45, 2.75) is 19.1 Å². The van der Waals surface area contributed by atoms with Crippen molar-refractivity contribution in [2.75, 3.05) is 6.61 Å². The van der Waals surface area contributed by atoms with E-state index >= 15 is 0 Å². The van der Waals surface area contributed by atoms with Crippen molar-refractivity contribution in [3.63, 3.8) is 0 Å². The molecule has 9 heteroatoms. The van der Waals surface area contributed by atoms with Crippen LogP contribution < -0.4 is 51.4 Å². The summed E-state index contributed by atoms with van der Waals surface area (Å²) in [6.45, 7) is 4.82. The topological polar surface area (TPSA) is 76.6 Å². The van der Waals surface area contributed by atoms with Crippen LogP contribution in [0.1, 0.15) is 41.1 Å². The van der Waals surface area contributed by atoms with Gasteiger partial charge in [-0.25, -0.2) is 9.37 Å². The number of hydrazone groups is 1. The molecule has 7 nitrogen and oxygen atoms in total. The number of benzene rings is 1. The molecule has 0 saturated carbocycles. The number of pyridine rings is 1. The summed E-state index contributed by atoms with van der Waals surface area (Å²) in [6.07, 6.45) is 3.91. The average molecular weight is 429 g/mol. The molecule has 5 rings (SSSR count). The minimum atomic E-state index is -0.265. The van der Waals surface area contributed by atoms with E-state index < -0.39 is 0 Å². The molecule has 0 radical (unpaired) electrons. The quantitative estimate of drug-likeness (QED) is 0.444. The summed E-state index contributed by atoms with van der Waals surface area (Å²) < 4.78 is 24.4. The van der Waals surface area contributed by atoms with Crippen LogP contribution in [0.4, 0.5) is 4.39 Å². The number of nitrogens with zero attached hydrogens (tertiary/aromatic N) is 5. The van der Waals surface area contributed by atoms with Gasteiger partial charge < -0.3 is 9.26 Å². The molecule has 146 valence electrons. The van der Waals surface area contributed by atoms with Crippen LogP contribution in [-0.2, 0) is 11.3 Å². The van der Waals surface area contributed by atoms with Crippen LogP contribution >= 0.6 is 0 Å². The molecule has 2 aliphatic heterocycles. The molecule has 30 heavy (non-hydrogen) atoms. The molecule has 4 heterocycles. The average Bonchev–Trinajstić information content (AvgIpc) is 3.41. The maximum absolute atomic E-state index is 13.1. The molecule has 0 spiro atoms. The molecule has 0 aliphatic carbocycles. The predicted octanol–water partition coefficient (Wildman–Crippen LogP) is 0.512. The second kappa shape index (κ2) is 9.09. The maximum atomic E-state index is 13.1. The fraction of sp³-hybridized carbons (Fsp3) is 0.190. The zero-order chi connectivity index (χ0) is 19.8. The molecule has 0 bridgehead atoms. The number of halogens is 1. The van der Waals surface area contributed by atoms with E-state index in [-0.39, 0.29) is 63.3 Å². The molecule has 1 saturated heterocycles. The number of fused-ring (bicyclic) bond motifs is 1. The molecule has 1 fully saturated rings. The van der Waals surface area contributed by atoms with E-state index in [9.17, 15) is 4.39 Å². The van der Waals surface area contributed by atoms with E-state index in [2.05, 4.69) is 26.8 Å². The third-order valence-corrected chi connectivity index (χ3v) is 4.98. The van der Waals surface area contributed by atoms with Crippen LogP contribution in [0.3, 0.4) is 0 Å². The second-order valence-electron chi connectivity index (χ2n) is 6.86. The third kappa shape index (κ3) is 4.27. The van der Waals surface area contributed by atoms with E-state index in [1.807, 2.05) is 12.1 Å². The smallest absolute Gasteiger partial charge is 0.405 e. The molecule has 0 unspecified atom stereocenters. The molecular weight excluding hydrogens is 412 g/mol. The first kappa shape index (κ1) is 21.4. The fourth-order valence-corrected chi connectivity index (χ4v) is 3.41. The van der Waals surface area contributed by atoms with E-state index in [0.717, 1.165) is 28.4 Å². The summed E-state index contributed by atoms with van der Waals surface area (Å²) in [5, 5.41) is 10.2. The molecule has 0 N–H and O–H groups in total. The number of rotatable bonds is 4. The second-order valence-corrected chi connectivity index (χ2v) is 6.86. The van der Waals surface area contributed by atoms with Gasteiger partial charge in [-0.1, -0.05) is 30.5 Å². The Morgan fingerprint density at radius 1 is 1.23 bits per heavy atom. The van der Waals surface area contributed by atoms with Gasteiger partial charge in [-0.3, -0.25) is 15.9 Å². The summed E-state index contributed by atoms with van der Waals surface area (Å²) in [5.74, 6) is 1.64. The Kier molecular flexibility index (Phi) is 6.47. The normalized spacial score (nSPS) is 17.8. The number of aromatic nitrogens is 3. The summed E-state index contributed by atoms with van der Waals surface area (Å²) >= 11 is 0. The van der Waals surface area contributed by atoms with Crippen LogP contribution in [0.5, 0.6) is 0 Å². The summed E-state index contributed by atoms with van der Waals surface area (Å²) in [4.78, 5) is 8.77. The zero-order valence-electron chi connectivity index (χ0n) is 16.5. The van der Waals surface area contributed by atoms with E-state index in [1.54, 1.807) is 29.6 Å². The Morgan fingerprint density at radius 2 is 2.07 bits per heavy atom. The Labute approximate surface area is 215 Å². The van der Waals surface area contributed by atoms with Gasteiger partial charge in [0.25, 0.3) is 0 Å². The van der Waals surface area contributed by atoms with Gasteiger partial charge >= 0.3 is 51.4 Å². The Hall–Kier alpha value is -1.88. The van der Waals surface area contributed by atoms with Crippen molar-refractivity contribution in [3.8, 4) is 0 Å². The molecule has 2 aromatic heterocycles. The molecule has 3 aromatic rings. The van der Waals surface area contributed by atoms with Gasteiger partial charge in [0.15, 0.2) is 0 Å². The first-order valence-electron chi connectivity index (χ1n) is 9.18. The van der Waals surface area contributed by atoms with Crippen molar-refractivity contribution in [1.82, 2.24) is 20.1 Å². The number of ether oxygens (including phenoxy) is 1. The van der Waals surface area contributed by atoms with E-state index in [4.69, 9.17) is 9.26 Å². The molecule has 1 atom stereocenters. The largest absolute Gasteiger partial charge is 1.00 e. The fourth-order valence-electron chi connectivity index (χ4n) is 3.41. The van der Waals surface area contributed by atoms with Crippen LogP contribution in [0, 0.1) is 11.7 Å². The monoisotopic (exact) mass is 429 g/mol. The van der Waals surface area contributed by atoms with Crippen molar-refractivity contribution < 1.29 is 65.0 Å². The predicted molar refractivity (Wildman–Crippen MR) is 103 cm³/mol. The van der Waals surface area contributed by atoms with E-state index in [1.165, 1.54) is 12.1 Å². The summed E-state index contributed by atoms with van der Waals surface area (Å²) in [6, 6.07) is 10.1. The number of hydrogen-bond donors (Lipinski definition) is 0. The molecule has 1 aromatic carbocycles. The van der Waals surface area contributed by atoms with Gasteiger partial charge in [-0.05, 0) is 29.8 Å². The van der Waals surface area contributed by atoms with Crippen LogP contribution in [-0.4, -0.2) is 33.0 Å². The van der Waals surface area contributed by atoms with E-state index in [0.29, 0.717) is 31.3 Å². The minimum Gasteiger partial charge on any atom is -0.405 e. The van der Waals surface area contributed by atoms with Crippen LogP contribution in [0.15, 0.2) is 58.8 Å². The molecule has 0 amide bonds. The summed E-state index contributed by atoms with van der Waals surface area (Å²) in [5.41, 5.74) is 3.35. The van der Waals surface area contributed by atoms with Crippen molar-refractivity contribution >= 4 is 11.9 Å². The molecule has 2 aliphatic rings. The van der Waals surface area contributed by atoms with Crippen molar-refractivity contribution in [3.05, 3.63) is 89.4 Å². The van der Waals surface area contributed by atoms with Gasteiger partial charge in [0, 0.05) is 17.6 Å². The van der Waals surface area contributed by atoms with Gasteiger partial charge in [0.1, 0.15) is 12.4 Å². The van der Waals surface area contributed by atoms with Crippen LogP contribution in [0.2, 0.25) is 0 Å². The van der Waals surface area contributed by atoms with Gasteiger partial charge in [-0.15, -0.1) is 6.42 Å². The Bertz CT molecular complexity index is 1090. The van der Waals surface area contributed by atoms with Gasteiger partial charge in [-0.2, -0.15) is 5.10 Å². The Morgan fingerprint density at radius 3 is 2.90 bits per heavy atom. The minimum absolute atomic E-state index is 0.